The van der Waals surface area contributed by atoms with Crippen LogP contribution in [0, 0.1) is 36.9 Å². The Labute approximate surface area is 109 Å². The molecule has 0 aliphatic rings. The van der Waals surface area contributed by atoms with E-state index in [0.717, 1.165) is 0 Å². The van der Waals surface area contributed by atoms with Crippen LogP contribution in [0.5, 0.6) is 0 Å². The van der Waals surface area contributed by atoms with Crippen molar-refractivity contribution < 1.29 is 54.8 Å². The quantitative estimate of drug-likeness (QED) is 0.421. The van der Waals surface area contributed by atoms with E-state index in [1.165, 1.54) is 0 Å². The minimum atomic E-state index is -2.17. The molecule has 3 nitrogen and oxygen atoms in total. The van der Waals surface area contributed by atoms with Gasteiger partial charge in [-0.2, -0.15) is 0 Å². The normalized spacial score (nSPS) is 4.50. The first-order valence-corrected chi connectivity index (χ1v) is 0.775. The summed E-state index contributed by atoms with van der Waals surface area (Å²) in [5, 5.41) is 21.5. The van der Waals surface area contributed by atoms with E-state index in [9.17, 15) is 0 Å². The van der Waals surface area contributed by atoms with E-state index in [0.29, 0.717) is 0 Å². The molecule has 1 radical (unpaired) electrons. The van der Waals surface area contributed by atoms with Crippen LogP contribution in [0.1, 0.15) is 2.85 Å². The van der Waals surface area contributed by atoms with Crippen LogP contribution in [0.15, 0.2) is 0 Å². The summed E-state index contributed by atoms with van der Waals surface area (Å²) in [5.74, 6) is 0. The van der Waals surface area contributed by atoms with Gasteiger partial charge in [0.25, 0.3) is 0 Å². The second-order valence-corrected chi connectivity index (χ2v) is 0.346. The van der Waals surface area contributed by atoms with Gasteiger partial charge in [-0.15, -0.1) is 0 Å². The Morgan fingerprint density at radius 3 is 1.17 bits per heavy atom. The maximum atomic E-state index is 7.17. The fraction of sp³-hybridized carbons (Fsp3) is 0. The summed E-state index contributed by atoms with van der Waals surface area (Å²) < 4.78 is 0. The second-order valence-electron chi connectivity index (χ2n) is 0.346. The molecule has 0 aliphatic heterocycles. The van der Waals surface area contributed by atoms with Crippen LogP contribution in [-0.4, -0.2) is 71.3 Å². The van der Waals surface area contributed by atoms with Gasteiger partial charge in [0, 0.05) is 36.9 Å². The molecule has 43 valence electrons. The molecular formula is H5BBaLuO3. The zero-order valence-corrected chi connectivity index (χ0v) is 8.98. The number of hydrogen-bond donors (Lipinski definition) is 3. The second kappa shape index (κ2) is 10.7. The molecule has 0 amide bonds. The van der Waals surface area contributed by atoms with Gasteiger partial charge in [-0.05, 0) is 0 Å². The Bertz CT molecular complexity index is 22.0. The summed E-state index contributed by atoms with van der Waals surface area (Å²) in [5.41, 5.74) is 0. The Morgan fingerprint density at radius 1 is 1.17 bits per heavy atom. The van der Waals surface area contributed by atoms with Crippen LogP contribution in [0.4, 0.5) is 0 Å². The molecule has 0 unspecified atom stereocenters. The summed E-state index contributed by atoms with van der Waals surface area (Å²) in [4.78, 5) is 0. The topological polar surface area (TPSA) is 60.7 Å². The summed E-state index contributed by atoms with van der Waals surface area (Å²) in [6.07, 6.45) is 0. The molecule has 0 fully saturated rings. The van der Waals surface area contributed by atoms with Crippen LogP contribution in [0.2, 0.25) is 0 Å². The van der Waals surface area contributed by atoms with Crippen molar-refractivity contribution in [2.75, 3.05) is 0 Å². The van der Waals surface area contributed by atoms with Gasteiger partial charge < -0.3 is 17.9 Å². The van der Waals surface area contributed by atoms with Crippen LogP contribution < -0.4 is 0 Å². The number of hydrogen-bond acceptors (Lipinski definition) is 3. The third-order valence-electron chi connectivity index (χ3n) is 0. The van der Waals surface area contributed by atoms with Gasteiger partial charge in [0.15, 0.2) is 0 Å². The van der Waals surface area contributed by atoms with Crippen LogP contribution >= 0.6 is 0 Å². The predicted molar refractivity (Wildman–Crippen MR) is 20.4 cm³/mol. The van der Waals surface area contributed by atoms with E-state index in [1.807, 2.05) is 0 Å². The van der Waals surface area contributed by atoms with E-state index in [-0.39, 0.29) is 88.6 Å². The molecule has 0 rings (SSSR count). The van der Waals surface area contributed by atoms with Crippen molar-refractivity contribution >= 4 is 56.2 Å². The first-order chi connectivity index (χ1) is 1.73. The standard InChI is InChI=1S/BH3O3.Ba.Lu.2H/c2-1(3)4;;;;/h2-4H;;;;/q;+2;;2*-1. The average molecular weight is 376 g/mol. The molecule has 0 aliphatic carbocycles. The van der Waals surface area contributed by atoms with Crippen molar-refractivity contribution in [3.63, 3.8) is 0 Å². The minimum absolute atomic E-state index is 0. The molecule has 0 bridgehead atoms. The molecular weight excluding hydrogens is 371 g/mol. The summed E-state index contributed by atoms with van der Waals surface area (Å²) in [6, 6.07) is 0. The molecule has 0 aromatic heterocycles. The van der Waals surface area contributed by atoms with Crippen LogP contribution in [0.25, 0.3) is 0 Å². The first-order valence-electron chi connectivity index (χ1n) is 0.775. The zero-order valence-electron chi connectivity index (χ0n) is 4.88. The van der Waals surface area contributed by atoms with Crippen molar-refractivity contribution in [1.82, 2.24) is 0 Å². The Morgan fingerprint density at radius 2 is 1.17 bits per heavy atom. The Balaban J connectivity index is -0.00000000750. The maximum absolute atomic E-state index is 7.17. The fourth-order valence-electron chi connectivity index (χ4n) is 0. The van der Waals surface area contributed by atoms with Gasteiger partial charge in [0.2, 0.25) is 0 Å². The van der Waals surface area contributed by atoms with Gasteiger partial charge in [-0.3, -0.25) is 0 Å². The Hall–Kier alpha value is 2.75. The molecule has 0 heterocycles. The summed E-state index contributed by atoms with van der Waals surface area (Å²) >= 11 is 0. The fourth-order valence-corrected chi connectivity index (χ4v) is 0. The molecule has 6 heteroatoms. The van der Waals surface area contributed by atoms with E-state index in [1.54, 1.807) is 0 Å². The molecule has 0 atom stereocenters. The third-order valence-corrected chi connectivity index (χ3v) is 0. The van der Waals surface area contributed by atoms with Gasteiger partial charge in [-0.1, -0.05) is 0 Å². The molecule has 3 N–H and O–H groups in total. The molecule has 0 saturated heterocycles. The van der Waals surface area contributed by atoms with E-state index in [4.69, 9.17) is 15.1 Å². The van der Waals surface area contributed by atoms with Crippen molar-refractivity contribution in [2.24, 2.45) is 0 Å². The van der Waals surface area contributed by atoms with Crippen LogP contribution in [0.3, 0.4) is 0 Å². The van der Waals surface area contributed by atoms with Gasteiger partial charge in [-0.25, -0.2) is 0 Å². The number of rotatable bonds is 0. The third kappa shape index (κ3) is 29.5. The summed E-state index contributed by atoms with van der Waals surface area (Å²) in [6.45, 7) is 0. The van der Waals surface area contributed by atoms with Gasteiger partial charge in [0.05, 0.1) is 0 Å². The molecule has 0 aromatic rings. The van der Waals surface area contributed by atoms with Gasteiger partial charge in [0.1, 0.15) is 0 Å². The average Bonchev–Trinajstić information content (AvgIpc) is 0.811. The van der Waals surface area contributed by atoms with Crippen molar-refractivity contribution in [3.05, 3.63) is 0 Å². The SMILES string of the molecule is OB(O)O.[Ba+2].[H-].[H-].[Lu]. The molecule has 0 aromatic carbocycles. The van der Waals surface area contributed by atoms with E-state index >= 15 is 0 Å². The monoisotopic (exact) mass is 377 g/mol. The molecule has 0 spiro atoms. The smallest absolute Gasteiger partial charge is 1.00 e. The largest absolute Gasteiger partial charge is 2.00 e. The molecule has 6 heavy (non-hydrogen) atoms. The van der Waals surface area contributed by atoms with E-state index in [2.05, 4.69) is 0 Å². The first kappa shape index (κ1) is 15.9. The van der Waals surface area contributed by atoms with E-state index < -0.39 is 7.32 Å². The van der Waals surface area contributed by atoms with Crippen molar-refractivity contribution in [3.8, 4) is 0 Å². The maximum Gasteiger partial charge on any atom is 2.00 e. The predicted octanol–water partition coefficient (Wildman–Crippen LogP) is -2.21. The zero-order chi connectivity index (χ0) is 3.58. The molecule has 0 saturated carbocycles. The summed E-state index contributed by atoms with van der Waals surface area (Å²) in [7, 11) is -2.17. The van der Waals surface area contributed by atoms with Gasteiger partial charge >= 0.3 is 56.2 Å². The minimum Gasteiger partial charge on any atom is -1.00 e. The van der Waals surface area contributed by atoms with Crippen molar-refractivity contribution in [1.29, 1.82) is 0 Å². The Kier molecular flexibility index (Phi) is 28.3. The van der Waals surface area contributed by atoms with Crippen LogP contribution in [-0.2, 0) is 0 Å². The van der Waals surface area contributed by atoms with Crippen molar-refractivity contribution in [2.45, 2.75) is 0 Å².